The Hall–Kier alpha value is -1.69. The van der Waals surface area contributed by atoms with E-state index in [1.807, 2.05) is 0 Å². The van der Waals surface area contributed by atoms with Gasteiger partial charge in [0.2, 0.25) is 5.88 Å². The first-order valence-electron chi connectivity index (χ1n) is 4.40. The van der Waals surface area contributed by atoms with Crippen molar-refractivity contribution < 1.29 is 9.66 Å². The summed E-state index contributed by atoms with van der Waals surface area (Å²) in [5, 5.41) is 12.1. The third-order valence-electron chi connectivity index (χ3n) is 2.19. The minimum atomic E-state index is -0.432. The number of non-ortho nitro benzene ring substituents is 1. The summed E-state index contributed by atoms with van der Waals surface area (Å²) in [6, 6.07) is 4.55. The Kier molecular flexibility index (Phi) is 2.74. The standard InChI is InChI=1S/C10H7BrN2O3/c1-16-10-7-3-2-6(13(14)15)4-8(7)9(11)5-12-10/h2-5H,1H3. The van der Waals surface area contributed by atoms with E-state index in [4.69, 9.17) is 4.74 Å². The second-order valence-electron chi connectivity index (χ2n) is 3.10. The summed E-state index contributed by atoms with van der Waals surface area (Å²) in [5.74, 6) is 0.452. The number of ether oxygens (including phenoxy) is 1. The van der Waals surface area contributed by atoms with E-state index in [-0.39, 0.29) is 5.69 Å². The molecule has 0 radical (unpaired) electrons. The lowest BCUT2D eigenvalue weighted by molar-refractivity contribution is -0.384. The van der Waals surface area contributed by atoms with Gasteiger partial charge in [0.1, 0.15) is 0 Å². The molecule has 82 valence electrons. The van der Waals surface area contributed by atoms with Crippen molar-refractivity contribution in [3.05, 3.63) is 39.0 Å². The highest BCUT2D eigenvalue weighted by Crippen LogP contribution is 2.31. The highest BCUT2D eigenvalue weighted by atomic mass is 79.9. The molecule has 2 aromatic rings. The lowest BCUT2D eigenvalue weighted by Gasteiger charge is -2.05. The van der Waals surface area contributed by atoms with Crippen molar-refractivity contribution in [1.82, 2.24) is 4.98 Å². The Bertz CT molecular complexity index is 571. The predicted octanol–water partition coefficient (Wildman–Crippen LogP) is 2.91. The van der Waals surface area contributed by atoms with Crippen LogP contribution in [0.1, 0.15) is 0 Å². The molecule has 1 aromatic carbocycles. The number of fused-ring (bicyclic) bond motifs is 1. The predicted molar refractivity (Wildman–Crippen MR) is 62.6 cm³/mol. The third kappa shape index (κ3) is 1.71. The van der Waals surface area contributed by atoms with Gasteiger partial charge >= 0.3 is 0 Å². The summed E-state index contributed by atoms with van der Waals surface area (Å²) >= 11 is 3.30. The maximum Gasteiger partial charge on any atom is 0.270 e. The van der Waals surface area contributed by atoms with Gasteiger partial charge in [0.15, 0.2) is 0 Å². The molecule has 0 spiro atoms. The molecule has 0 aliphatic rings. The van der Waals surface area contributed by atoms with Gasteiger partial charge in [0, 0.05) is 33.6 Å². The van der Waals surface area contributed by atoms with Crippen molar-refractivity contribution in [2.24, 2.45) is 0 Å². The summed E-state index contributed by atoms with van der Waals surface area (Å²) in [7, 11) is 1.51. The summed E-state index contributed by atoms with van der Waals surface area (Å²) < 4.78 is 5.78. The van der Waals surface area contributed by atoms with Crippen molar-refractivity contribution in [2.75, 3.05) is 7.11 Å². The van der Waals surface area contributed by atoms with Crippen LogP contribution in [0.2, 0.25) is 0 Å². The molecule has 2 rings (SSSR count). The second-order valence-corrected chi connectivity index (χ2v) is 3.96. The zero-order chi connectivity index (χ0) is 11.7. The van der Waals surface area contributed by atoms with E-state index in [0.717, 1.165) is 5.39 Å². The van der Waals surface area contributed by atoms with Crippen molar-refractivity contribution >= 4 is 32.4 Å². The van der Waals surface area contributed by atoms with Gasteiger partial charge in [-0.1, -0.05) is 0 Å². The van der Waals surface area contributed by atoms with Crippen LogP contribution < -0.4 is 4.74 Å². The first-order chi connectivity index (χ1) is 7.63. The van der Waals surface area contributed by atoms with Gasteiger partial charge < -0.3 is 4.74 Å². The summed E-state index contributed by atoms with van der Waals surface area (Å²) in [6.07, 6.45) is 1.56. The number of nitrogens with zero attached hydrogens (tertiary/aromatic N) is 2. The summed E-state index contributed by atoms with van der Waals surface area (Å²) in [5.41, 5.74) is 0.0430. The van der Waals surface area contributed by atoms with Gasteiger partial charge in [-0.15, -0.1) is 0 Å². The minimum absolute atomic E-state index is 0.0430. The molecule has 0 aliphatic heterocycles. The Labute approximate surface area is 99.3 Å². The molecule has 5 nitrogen and oxygen atoms in total. The van der Waals surface area contributed by atoms with E-state index in [2.05, 4.69) is 20.9 Å². The molecule has 0 unspecified atom stereocenters. The molecule has 0 atom stereocenters. The monoisotopic (exact) mass is 282 g/mol. The zero-order valence-corrected chi connectivity index (χ0v) is 9.89. The normalized spacial score (nSPS) is 10.4. The van der Waals surface area contributed by atoms with E-state index >= 15 is 0 Å². The van der Waals surface area contributed by atoms with Crippen molar-refractivity contribution in [2.45, 2.75) is 0 Å². The fourth-order valence-electron chi connectivity index (χ4n) is 1.45. The average molecular weight is 283 g/mol. The maximum absolute atomic E-state index is 10.7. The molecular formula is C10H7BrN2O3. The fourth-order valence-corrected chi connectivity index (χ4v) is 1.88. The number of aromatic nitrogens is 1. The van der Waals surface area contributed by atoms with Crippen LogP contribution in [0.4, 0.5) is 5.69 Å². The van der Waals surface area contributed by atoms with Crippen LogP contribution in [0.5, 0.6) is 5.88 Å². The number of hydrogen-bond donors (Lipinski definition) is 0. The molecule has 0 N–H and O–H groups in total. The van der Waals surface area contributed by atoms with Gasteiger partial charge in [-0.3, -0.25) is 10.1 Å². The van der Waals surface area contributed by atoms with Crippen LogP contribution >= 0.6 is 15.9 Å². The van der Waals surface area contributed by atoms with Crippen molar-refractivity contribution in [3.8, 4) is 5.88 Å². The summed E-state index contributed by atoms with van der Waals surface area (Å²) in [6.45, 7) is 0. The number of nitro benzene ring substituents is 1. The number of pyridine rings is 1. The van der Waals surface area contributed by atoms with Gasteiger partial charge in [-0.05, 0) is 22.0 Å². The molecule has 0 saturated heterocycles. The molecule has 0 fully saturated rings. The molecule has 0 aliphatic carbocycles. The van der Waals surface area contributed by atoms with Gasteiger partial charge in [0.25, 0.3) is 5.69 Å². The largest absolute Gasteiger partial charge is 0.481 e. The van der Waals surface area contributed by atoms with Gasteiger partial charge in [-0.2, -0.15) is 0 Å². The first kappa shape index (κ1) is 10.8. The molecule has 0 amide bonds. The number of rotatable bonds is 2. The lowest BCUT2D eigenvalue weighted by Crippen LogP contribution is -1.92. The summed E-state index contributed by atoms with van der Waals surface area (Å²) in [4.78, 5) is 14.3. The highest BCUT2D eigenvalue weighted by molar-refractivity contribution is 9.10. The number of hydrogen-bond acceptors (Lipinski definition) is 4. The number of nitro groups is 1. The maximum atomic E-state index is 10.7. The smallest absolute Gasteiger partial charge is 0.270 e. The third-order valence-corrected chi connectivity index (χ3v) is 2.82. The van der Waals surface area contributed by atoms with E-state index < -0.39 is 4.92 Å². The Morgan fingerprint density at radius 2 is 2.19 bits per heavy atom. The molecule has 16 heavy (non-hydrogen) atoms. The first-order valence-corrected chi connectivity index (χ1v) is 5.19. The Morgan fingerprint density at radius 3 is 2.81 bits per heavy atom. The lowest BCUT2D eigenvalue weighted by atomic mass is 10.1. The van der Waals surface area contributed by atoms with Crippen molar-refractivity contribution in [1.29, 1.82) is 0 Å². The average Bonchev–Trinajstić information content (AvgIpc) is 2.29. The quantitative estimate of drug-likeness (QED) is 0.628. The van der Waals surface area contributed by atoms with Crippen LogP contribution in [-0.4, -0.2) is 17.0 Å². The van der Waals surface area contributed by atoms with Gasteiger partial charge in [-0.25, -0.2) is 4.98 Å². The number of methoxy groups -OCH3 is 1. The van der Waals surface area contributed by atoms with E-state index in [1.54, 1.807) is 12.3 Å². The molecule has 0 bridgehead atoms. The fraction of sp³-hybridized carbons (Fsp3) is 0.100. The number of halogens is 1. The topological polar surface area (TPSA) is 65.3 Å². The minimum Gasteiger partial charge on any atom is -0.481 e. The number of benzene rings is 1. The van der Waals surface area contributed by atoms with E-state index in [9.17, 15) is 10.1 Å². The Morgan fingerprint density at radius 1 is 1.44 bits per heavy atom. The zero-order valence-electron chi connectivity index (χ0n) is 8.31. The molecule has 6 heteroatoms. The van der Waals surface area contributed by atoms with Crippen LogP contribution in [0.25, 0.3) is 10.8 Å². The van der Waals surface area contributed by atoms with Crippen molar-refractivity contribution in [3.63, 3.8) is 0 Å². The van der Waals surface area contributed by atoms with Crippen LogP contribution in [0, 0.1) is 10.1 Å². The van der Waals surface area contributed by atoms with E-state index in [0.29, 0.717) is 15.7 Å². The molecular weight excluding hydrogens is 276 g/mol. The highest BCUT2D eigenvalue weighted by Gasteiger charge is 2.11. The SMILES string of the molecule is COc1ncc(Br)c2cc([N+](=O)[O-])ccc12. The molecule has 1 heterocycles. The molecule has 0 saturated carbocycles. The van der Waals surface area contributed by atoms with Crippen LogP contribution in [0.3, 0.4) is 0 Å². The second kappa shape index (κ2) is 4.05. The van der Waals surface area contributed by atoms with Gasteiger partial charge in [0.05, 0.1) is 12.0 Å². The van der Waals surface area contributed by atoms with Crippen LogP contribution in [-0.2, 0) is 0 Å². The molecule has 1 aromatic heterocycles. The van der Waals surface area contributed by atoms with E-state index in [1.165, 1.54) is 19.2 Å². The van der Waals surface area contributed by atoms with Crippen LogP contribution in [0.15, 0.2) is 28.9 Å². The Balaban J connectivity index is 2.77.